The zero-order valence-corrected chi connectivity index (χ0v) is 38.2. The highest BCUT2D eigenvalue weighted by atomic mass is 15.1. The van der Waals surface area contributed by atoms with Gasteiger partial charge in [0.05, 0.1) is 11.1 Å². The van der Waals surface area contributed by atoms with E-state index >= 15 is 0 Å². The van der Waals surface area contributed by atoms with Crippen LogP contribution in [0.4, 0.5) is 17.1 Å². The van der Waals surface area contributed by atoms with Crippen molar-refractivity contribution in [2.75, 3.05) is 4.90 Å². The first-order valence-corrected chi connectivity index (χ1v) is 24.5. The summed E-state index contributed by atoms with van der Waals surface area (Å²) in [6.45, 7) is 0. The first-order chi connectivity index (χ1) is 33.7. The lowest BCUT2D eigenvalue weighted by Crippen LogP contribution is -2.29. The van der Waals surface area contributed by atoms with Gasteiger partial charge in [0.25, 0.3) is 0 Å². The smallest absolute Gasteiger partial charge is 0.0714 e. The summed E-state index contributed by atoms with van der Waals surface area (Å²) in [5, 5.41) is 0. The number of hydrogen-bond acceptors (Lipinski definition) is 1. The van der Waals surface area contributed by atoms with Gasteiger partial charge in [-0.15, -0.1) is 0 Å². The Hall–Kier alpha value is -8.00. The molecule has 13 rings (SSSR count). The van der Waals surface area contributed by atoms with E-state index in [4.69, 9.17) is 0 Å². The molecule has 10 aromatic rings. The van der Waals surface area contributed by atoms with Crippen LogP contribution in [0.1, 0.15) is 65.5 Å². The van der Waals surface area contributed by atoms with Crippen LogP contribution in [0, 0.1) is 0 Å². The van der Waals surface area contributed by atoms with Crippen LogP contribution in [0.15, 0.2) is 249 Å². The van der Waals surface area contributed by atoms with Crippen LogP contribution in [-0.2, 0) is 10.8 Å². The number of para-hydroxylation sites is 1. The summed E-state index contributed by atoms with van der Waals surface area (Å²) >= 11 is 0. The SMILES string of the molecule is c1ccc(-c2ccc(-c3cccc4c3-c3ccc(N(c5ccc6c(c5)C5(CCCCC5)c5ccccc5-6)c5ccccc5-c5ccccc5)cc3C4(c3ccccc3)c3ccccc3)cc2)cc1. The van der Waals surface area contributed by atoms with Gasteiger partial charge in [-0.2, -0.15) is 0 Å². The van der Waals surface area contributed by atoms with Crippen LogP contribution in [0.3, 0.4) is 0 Å². The third-order valence-corrected chi connectivity index (χ3v) is 15.6. The normalized spacial score (nSPS) is 14.7. The Morgan fingerprint density at radius 3 is 1.44 bits per heavy atom. The molecule has 1 fully saturated rings. The van der Waals surface area contributed by atoms with Crippen molar-refractivity contribution in [3.63, 3.8) is 0 Å². The second-order valence-electron chi connectivity index (χ2n) is 19.0. The van der Waals surface area contributed by atoms with E-state index in [0.29, 0.717) is 0 Å². The average Bonchev–Trinajstić information content (AvgIpc) is 3.86. The molecule has 10 aromatic carbocycles. The second-order valence-corrected chi connectivity index (χ2v) is 19.0. The lowest BCUT2D eigenvalue weighted by atomic mass is 9.67. The van der Waals surface area contributed by atoms with Gasteiger partial charge in [0.2, 0.25) is 0 Å². The molecule has 0 unspecified atom stereocenters. The highest BCUT2D eigenvalue weighted by molar-refractivity contribution is 5.98. The summed E-state index contributed by atoms with van der Waals surface area (Å²) in [7, 11) is 0. The van der Waals surface area contributed by atoms with Crippen molar-refractivity contribution in [3.8, 4) is 55.6 Å². The number of hydrogen-bond donors (Lipinski definition) is 0. The van der Waals surface area contributed by atoms with E-state index < -0.39 is 5.41 Å². The zero-order chi connectivity index (χ0) is 45.1. The minimum atomic E-state index is -0.598. The monoisotopic (exact) mass is 869 g/mol. The van der Waals surface area contributed by atoms with Crippen LogP contribution >= 0.6 is 0 Å². The molecule has 0 atom stereocenters. The van der Waals surface area contributed by atoms with Gasteiger partial charge in [-0.25, -0.2) is 0 Å². The molecule has 0 heterocycles. The molecule has 3 aliphatic carbocycles. The Bertz CT molecular complexity index is 3420. The Morgan fingerprint density at radius 1 is 0.294 bits per heavy atom. The number of rotatable bonds is 8. The topological polar surface area (TPSA) is 3.24 Å². The third kappa shape index (κ3) is 6.22. The third-order valence-electron chi connectivity index (χ3n) is 15.6. The predicted molar refractivity (Wildman–Crippen MR) is 284 cm³/mol. The van der Waals surface area contributed by atoms with Gasteiger partial charge in [0, 0.05) is 22.4 Å². The Balaban J connectivity index is 1.07. The molecule has 1 saturated carbocycles. The van der Waals surface area contributed by atoms with Crippen LogP contribution < -0.4 is 4.90 Å². The average molecular weight is 870 g/mol. The summed E-state index contributed by atoms with van der Waals surface area (Å²) in [5.74, 6) is 0. The second kappa shape index (κ2) is 16.4. The summed E-state index contributed by atoms with van der Waals surface area (Å²) in [4.78, 5) is 2.56. The minimum Gasteiger partial charge on any atom is -0.310 e. The highest BCUT2D eigenvalue weighted by Gasteiger charge is 2.48. The molecule has 0 N–H and O–H groups in total. The Labute approximate surface area is 400 Å². The highest BCUT2D eigenvalue weighted by Crippen LogP contribution is 2.61. The minimum absolute atomic E-state index is 0.0237. The fraction of sp³-hybridized carbons (Fsp3) is 0.104. The maximum Gasteiger partial charge on any atom is 0.0714 e. The largest absolute Gasteiger partial charge is 0.310 e. The van der Waals surface area contributed by atoms with Crippen LogP contribution in [-0.4, -0.2) is 0 Å². The van der Waals surface area contributed by atoms with E-state index in [0.717, 1.165) is 11.4 Å². The van der Waals surface area contributed by atoms with Gasteiger partial charge in [-0.3, -0.25) is 0 Å². The van der Waals surface area contributed by atoms with Crippen molar-refractivity contribution < 1.29 is 0 Å². The quantitative estimate of drug-likeness (QED) is 0.147. The fourth-order valence-corrected chi connectivity index (χ4v) is 12.6. The van der Waals surface area contributed by atoms with Gasteiger partial charge in [-0.1, -0.05) is 238 Å². The molecule has 0 bridgehead atoms. The van der Waals surface area contributed by atoms with E-state index in [-0.39, 0.29) is 5.41 Å². The van der Waals surface area contributed by atoms with Gasteiger partial charge in [0.15, 0.2) is 0 Å². The van der Waals surface area contributed by atoms with Gasteiger partial charge < -0.3 is 4.90 Å². The first kappa shape index (κ1) is 40.3. The van der Waals surface area contributed by atoms with Crippen LogP contribution in [0.25, 0.3) is 55.6 Å². The maximum absolute atomic E-state index is 2.57. The van der Waals surface area contributed by atoms with Crippen LogP contribution in [0.2, 0.25) is 0 Å². The molecular formula is C67H51N. The molecular weight excluding hydrogens is 819 g/mol. The fourth-order valence-electron chi connectivity index (χ4n) is 12.6. The maximum atomic E-state index is 2.57. The summed E-state index contributed by atoms with van der Waals surface area (Å²) in [6, 6.07) is 93.3. The first-order valence-electron chi connectivity index (χ1n) is 24.5. The zero-order valence-electron chi connectivity index (χ0n) is 38.2. The molecule has 1 spiro atoms. The molecule has 1 nitrogen and oxygen atoms in total. The van der Waals surface area contributed by atoms with Crippen molar-refractivity contribution in [2.45, 2.75) is 42.9 Å². The number of fused-ring (bicyclic) bond motifs is 8. The Kier molecular flexibility index (Phi) is 9.72. The lowest BCUT2D eigenvalue weighted by Gasteiger charge is -2.37. The summed E-state index contributed by atoms with van der Waals surface area (Å²) in [5.41, 5.74) is 23.7. The summed E-state index contributed by atoms with van der Waals surface area (Å²) < 4.78 is 0. The van der Waals surface area contributed by atoms with E-state index in [1.54, 1.807) is 0 Å². The number of anilines is 3. The molecule has 0 aliphatic heterocycles. The molecule has 324 valence electrons. The van der Waals surface area contributed by atoms with E-state index in [1.807, 2.05) is 0 Å². The van der Waals surface area contributed by atoms with Crippen molar-refractivity contribution in [2.24, 2.45) is 0 Å². The molecule has 68 heavy (non-hydrogen) atoms. The lowest BCUT2D eigenvalue weighted by molar-refractivity contribution is 0.353. The van der Waals surface area contributed by atoms with Crippen molar-refractivity contribution in [1.29, 1.82) is 0 Å². The molecule has 0 amide bonds. The van der Waals surface area contributed by atoms with Gasteiger partial charge in [0.1, 0.15) is 0 Å². The van der Waals surface area contributed by atoms with Gasteiger partial charge >= 0.3 is 0 Å². The molecule has 3 aliphatic rings. The number of benzene rings is 10. The molecule has 1 heteroatoms. The predicted octanol–water partition coefficient (Wildman–Crippen LogP) is 17.8. The molecule has 0 saturated heterocycles. The van der Waals surface area contributed by atoms with Crippen molar-refractivity contribution in [1.82, 2.24) is 0 Å². The molecule has 0 radical (unpaired) electrons. The van der Waals surface area contributed by atoms with E-state index in [2.05, 4.69) is 254 Å². The molecule has 0 aromatic heterocycles. The summed E-state index contributed by atoms with van der Waals surface area (Å²) in [6.07, 6.45) is 6.19. The van der Waals surface area contributed by atoms with E-state index in [9.17, 15) is 0 Å². The standard InChI is InChI=1S/C67H51N/c1-6-21-47(22-7-1)48-35-37-50(38-36-48)56-31-20-33-61-65(56)59-42-40-54(46-63(59)67(61,51-25-10-3-11-26-51)52-27-12-4-13-28-52)68(64-34-17-15-29-55(64)49-23-8-2-9-24-49)53-39-41-58-57-30-14-16-32-60(57)66(62(58)45-53)43-18-5-19-44-66/h1-4,6-17,20-42,45-46H,5,18-19,43-44H2. The van der Waals surface area contributed by atoms with Crippen molar-refractivity contribution >= 4 is 17.1 Å². The van der Waals surface area contributed by atoms with Crippen LogP contribution in [0.5, 0.6) is 0 Å². The van der Waals surface area contributed by atoms with Crippen molar-refractivity contribution in [3.05, 3.63) is 282 Å². The Morgan fingerprint density at radius 2 is 0.765 bits per heavy atom. The number of nitrogens with zero attached hydrogens (tertiary/aromatic N) is 1. The van der Waals surface area contributed by atoms with Gasteiger partial charge in [-0.05, 0) is 127 Å². The van der Waals surface area contributed by atoms with E-state index in [1.165, 1.54) is 127 Å².